The molecule has 6 aromatic rings. The molecule has 3 aromatic carbocycles. The van der Waals surface area contributed by atoms with Crippen molar-refractivity contribution in [1.82, 2.24) is 40.9 Å². The lowest BCUT2D eigenvalue weighted by molar-refractivity contribution is -0.120. The Kier molecular flexibility index (Phi) is 11.3. The molecule has 6 heterocycles. The van der Waals surface area contributed by atoms with E-state index in [0.717, 1.165) is 83.0 Å². The Morgan fingerprint density at radius 2 is 1.58 bits per heavy atom. The largest absolute Gasteiger partial charge is 0.372 e. The number of carbonyl (C=O) groups is 3. The number of piperidine rings is 2. The fourth-order valence-corrected chi connectivity index (χ4v) is 8.98. The number of aromatic amines is 1. The second-order valence-corrected chi connectivity index (χ2v) is 18.1. The van der Waals surface area contributed by atoms with Gasteiger partial charge in [0.1, 0.15) is 5.69 Å². The van der Waals surface area contributed by atoms with Crippen molar-refractivity contribution < 1.29 is 18.9 Å². The predicted molar refractivity (Wildman–Crippen MR) is 239 cm³/mol. The fraction of sp³-hybridized carbons (Fsp3) is 0.396. The number of likely N-dealkylation sites (tertiary alicyclic amines) is 1. The summed E-state index contributed by atoms with van der Waals surface area (Å²) in [6.07, 6.45) is 6.93. The Hall–Kier alpha value is -6.41. The van der Waals surface area contributed by atoms with Gasteiger partial charge in [-0.1, -0.05) is 62.3 Å². The van der Waals surface area contributed by atoms with Crippen LogP contribution in [0.15, 0.2) is 83.5 Å². The molecule has 3 N–H and O–H groups in total. The maximum Gasteiger partial charge on any atom is 0.328 e. The first-order valence-corrected chi connectivity index (χ1v) is 21.8. The molecule has 14 heteroatoms. The molecule has 4 amide bonds. The van der Waals surface area contributed by atoms with Crippen molar-refractivity contribution in [3.05, 3.63) is 107 Å². The summed E-state index contributed by atoms with van der Waals surface area (Å²) >= 11 is 0. The zero-order valence-electron chi connectivity index (χ0n) is 35.9. The first kappa shape index (κ1) is 41.0. The number of benzene rings is 3. The van der Waals surface area contributed by atoms with E-state index in [4.69, 9.17) is 9.51 Å². The number of amides is 4. The number of carbonyl (C=O) groups excluding carboxylic acids is 3. The minimum Gasteiger partial charge on any atom is -0.372 e. The summed E-state index contributed by atoms with van der Waals surface area (Å²) in [7, 11) is 0. The predicted octanol–water partition coefficient (Wildman–Crippen LogP) is 7.75. The number of urea groups is 1. The topological polar surface area (TPSA) is 165 Å². The van der Waals surface area contributed by atoms with E-state index >= 15 is 0 Å². The third-order valence-corrected chi connectivity index (χ3v) is 12.8. The van der Waals surface area contributed by atoms with Gasteiger partial charge in [-0.15, -0.1) is 0 Å². The molecule has 0 bridgehead atoms. The van der Waals surface area contributed by atoms with Crippen molar-refractivity contribution in [3.8, 4) is 22.4 Å². The molecule has 3 aliphatic rings. The van der Waals surface area contributed by atoms with E-state index in [1.165, 1.54) is 36.9 Å². The molecule has 0 saturated carbocycles. The third kappa shape index (κ3) is 8.83. The summed E-state index contributed by atoms with van der Waals surface area (Å²) in [5.41, 5.74) is 9.81. The normalized spacial score (nSPS) is 17.2. The van der Waals surface area contributed by atoms with Crippen molar-refractivity contribution in [3.63, 3.8) is 0 Å². The van der Waals surface area contributed by atoms with Gasteiger partial charge in [0.2, 0.25) is 5.91 Å². The smallest absolute Gasteiger partial charge is 0.328 e. The van der Waals surface area contributed by atoms with Crippen molar-refractivity contribution in [2.24, 2.45) is 5.92 Å². The highest BCUT2D eigenvalue weighted by molar-refractivity contribution is 6.05. The lowest BCUT2D eigenvalue weighted by atomic mass is 9.87. The molecule has 0 radical (unpaired) electrons. The molecule has 3 fully saturated rings. The molecule has 0 aliphatic carbocycles. The fourth-order valence-electron chi connectivity index (χ4n) is 8.98. The highest BCUT2D eigenvalue weighted by atomic mass is 16.5. The Morgan fingerprint density at radius 3 is 2.27 bits per heavy atom. The van der Waals surface area contributed by atoms with Crippen LogP contribution in [0.5, 0.6) is 0 Å². The number of imide groups is 1. The second-order valence-electron chi connectivity index (χ2n) is 18.1. The van der Waals surface area contributed by atoms with Crippen LogP contribution in [-0.2, 0) is 16.8 Å². The molecule has 0 spiro atoms. The highest BCUT2D eigenvalue weighted by Gasteiger charge is 2.28. The number of aryl methyl sites for hydroxylation is 1. The molecule has 0 atom stereocenters. The number of H-pyrrole nitrogens is 1. The summed E-state index contributed by atoms with van der Waals surface area (Å²) in [4.78, 5) is 52.3. The quantitative estimate of drug-likeness (QED) is 0.124. The number of hydrogen-bond acceptors (Lipinski definition) is 10. The number of hydrogen-bond donors (Lipinski definition) is 3. The SMILES string of the molecule is Cc1cc(-c2n[nH]c3ncc(-c4ccc(C5CCN(CC6CCN(c7ccc(N8CCC(=O)NC8=O)cc7)CC6)CC5)cc4)cc23)ccc1CNC(=O)c1nc(C(C)(C)C)no1. The van der Waals surface area contributed by atoms with Gasteiger partial charge in [0, 0.05) is 78.6 Å². The molecule has 320 valence electrons. The maximum atomic E-state index is 12.7. The zero-order chi connectivity index (χ0) is 43.0. The van der Waals surface area contributed by atoms with Crippen LogP contribution in [0.25, 0.3) is 33.4 Å². The first-order valence-electron chi connectivity index (χ1n) is 21.8. The average Bonchev–Trinajstić information content (AvgIpc) is 3.96. The van der Waals surface area contributed by atoms with E-state index in [2.05, 4.69) is 89.3 Å². The molecule has 3 aromatic heterocycles. The maximum absolute atomic E-state index is 12.7. The summed E-state index contributed by atoms with van der Waals surface area (Å²) in [6.45, 7) is 14.2. The number of nitrogens with one attached hydrogen (secondary N) is 3. The van der Waals surface area contributed by atoms with Gasteiger partial charge in [-0.3, -0.25) is 24.9 Å². The van der Waals surface area contributed by atoms with E-state index < -0.39 is 5.91 Å². The van der Waals surface area contributed by atoms with Gasteiger partial charge in [-0.25, -0.2) is 9.78 Å². The summed E-state index contributed by atoms with van der Waals surface area (Å²) in [5, 5.41) is 18.0. The monoisotopic (exact) mass is 834 g/mol. The van der Waals surface area contributed by atoms with Crippen LogP contribution in [0, 0.1) is 12.8 Å². The van der Waals surface area contributed by atoms with E-state index in [1.807, 2.05) is 58.2 Å². The summed E-state index contributed by atoms with van der Waals surface area (Å²) < 4.78 is 5.20. The van der Waals surface area contributed by atoms with Gasteiger partial charge in [0.15, 0.2) is 11.5 Å². The number of pyridine rings is 1. The Morgan fingerprint density at radius 1 is 0.855 bits per heavy atom. The number of fused-ring (bicyclic) bond motifs is 1. The van der Waals surface area contributed by atoms with E-state index in [1.54, 1.807) is 4.90 Å². The molecular weight excluding hydrogens is 781 g/mol. The second kappa shape index (κ2) is 17.2. The van der Waals surface area contributed by atoms with Crippen LogP contribution < -0.4 is 20.4 Å². The lowest BCUT2D eigenvalue weighted by Gasteiger charge is -2.38. The van der Waals surface area contributed by atoms with Gasteiger partial charge >= 0.3 is 17.8 Å². The van der Waals surface area contributed by atoms with Crippen molar-refractivity contribution in [2.75, 3.05) is 49.1 Å². The molecule has 14 nitrogen and oxygen atoms in total. The number of rotatable bonds is 10. The van der Waals surface area contributed by atoms with Crippen molar-refractivity contribution in [2.45, 2.75) is 77.7 Å². The third-order valence-electron chi connectivity index (χ3n) is 12.8. The number of nitrogens with zero attached hydrogens (tertiary/aromatic N) is 7. The zero-order valence-corrected chi connectivity index (χ0v) is 35.9. The summed E-state index contributed by atoms with van der Waals surface area (Å²) in [6, 6.07) is 25.2. The van der Waals surface area contributed by atoms with E-state index in [9.17, 15) is 14.4 Å². The Bertz CT molecular complexity index is 2580. The van der Waals surface area contributed by atoms with Crippen LogP contribution in [0.3, 0.4) is 0 Å². The van der Waals surface area contributed by atoms with Gasteiger partial charge < -0.3 is 19.6 Å². The van der Waals surface area contributed by atoms with Crippen LogP contribution in [0.1, 0.15) is 92.0 Å². The molecule has 62 heavy (non-hydrogen) atoms. The van der Waals surface area contributed by atoms with Gasteiger partial charge in [0.25, 0.3) is 0 Å². The highest BCUT2D eigenvalue weighted by Crippen LogP contribution is 2.34. The van der Waals surface area contributed by atoms with E-state index in [0.29, 0.717) is 37.2 Å². The van der Waals surface area contributed by atoms with E-state index in [-0.39, 0.29) is 23.2 Å². The van der Waals surface area contributed by atoms with Crippen molar-refractivity contribution in [1.29, 1.82) is 0 Å². The molecular formula is C48H54N10O4. The first-order chi connectivity index (χ1) is 29.9. The van der Waals surface area contributed by atoms with Crippen LogP contribution in [0.4, 0.5) is 16.2 Å². The van der Waals surface area contributed by atoms with Gasteiger partial charge in [-0.2, -0.15) is 10.1 Å². The molecule has 9 rings (SSSR count). The number of anilines is 2. The minimum absolute atomic E-state index is 0.0405. The van der Waals surface area contributed by atoms with Gasteiger partial charge in [-0.05, 0) is 116 Å². The van der Waals surface area contributed by atoms with Gasteiger partial charge in [0.05, 0.1) is 0 Å². The lowest BCUT2D eigenvalue weighted by Crippen LogP contribution is -2.49. The molecule has 0 unspecified atom stereocenters. The summed E-state index contributed by atoms with van der Waals surface area (Å²) in [5.74, 6) is 1.09. The van der Waals surface area contributed by atoms with Crippen molar-refractivity contribution >= 4 is 40.3 Å². The number of aromatic nitrogens is 5. The standard InChI is InChI=1S/C48H54N10O4/c1-30-25-35(9-10-36(30)27-50-44(60)45-52-46(55-62-45)48(2,3)4)42-40-26-37(28-49-43(40)54-53-42)33-7-5-32(6-8-33)34-17-20-56(21-18-34)29-31-15-22-57(23-16-31)38-11-13-39(14-12-38)58-24-19-41(59)51-47(58)61/h5-14,25-26,28,31,34H,15-24,27,29H2,1-4H3,(H,50,60)(H,49,53,54)(H,51,59,61). The van der Waals surface area contributed by atoms with Crippen LogP contribution in [0.2, 0.25) is 0 Å². The molecule has 3 saturated heterocycles. The average molecular weight is 835 g/mol. The molecule has 3 aliphatic heterocycles. The van der Waals surface area contributed by atoms with Crippen LogP contribution >= 0.6 is 0 Å². The minimum atomic E-state index is -0.401. The Labute approximate surface area is 361 Å². The van der Waals surface area contributed by atoms with Crippen LogP contribution in [-0.4, -0.2) is 87.3 Å². The Balaban J connectivity index is 0.759.